The number of halogens is 3. The molecule has 0 bridgehead atoms. The van der Waals surface area contributed by atoms with Crippen LogP contribution in [0.1, 0.15) is 32.6 Å². The molecule has 0 amide bonds. The highest BCUT2D eigenvalue weighted by Crippen LogP contribution is 2.39. The van der Waals surface area contributed by atoms with Gasteiger partial charge in [0.1, 0.15) is 0 Å². The van der Waals surface area contributed by atoms with Gasteiger partial charge in [0.05, 0.1) is 18.0 Å². The molecular weight excluding hydrogens is 448 g/mol. The lowest BCUT2D eigenvalue weighted by Gasteiger charge is -2.15. The van der Waals surface area contributed by atoms with Crippen LogP contribution in [0.15, 0.2) is 39.3 Å². The van der Waals surface area contributed by atoms with E-state index in [9.17, 15) is 0 Å². The minimum absolute atomic E-state index is 0.166. The molecule has 0 aliphatic carbocycles. The van der Waals surface area contributed by atoms with Crippen LogP contribution in [0.4, 0.5) is 0 Å². The lowest BCUT2D eigenvalue weighted by atomic mass is 10.00. The Kier molecular flexibility index (Phi) is 4.37. The first-order chi connectivity index (χ1) is 9.56. The maximum absolute atomic E-state index is 5.48. The number of benzene rings is 2. The van der Waals surface area contributed by atoms with E-state index in [0.717, 1.165) is 22.2 Å². The number of aryl methyl sites for hydroxylation is 1. The summed E-state index contributed by atoms with van der Waals surface area (Å²) in [6.07, 6.45) is 0. The predicted octanol–water partition coefficient (Wildman–Crippen LogP) is 6.03. The molecule has 1 atom stereocenters. The third-order valence-electron chi connectivity index (χ3n) is 3.59. The van der Waals surface area contributed by atoms with E-state index in [2.05, 4.69) is 85.0 Å². The zero-order valence-electron chi connectivity index (χ0n) is 10.9. The number of alkyl halides is 1. The molecule has 1 unspecified atom stereocenters. The van der Waals surface area contributed by atoms with Gasteiger partial charge in [0.15, 0.2) is 0 Å². The van der Waals surface area contributed by atoms with Crippen molar-refractivity contribution in [3.8, 4) is 0 Å². The molecule has 1 aliphatic rings. The molecule has 3 rings (SSSR count). The molecule has 0 N–H and O–H groups in total. The van der Waals surface area contributed by atoms with Crippen LogP contribution >= 0.6 is 47.8 Å². The van der Waals surface area contributed by atoms with Crippen molar-refractivity contribution in [2.45, 2.75) is 25.0 Å². The van der Waals surface area contributed by atoms with Crippen LogP contribution in [-0.4, -0.2) is 0 Å². The first-order valence-electron chi connectivity index (χ1n) is 6.35. The Morgan fingerprint density at radius 2 is 1.75 bits per heavy atom. The van der Waals surface area contributed by atoms with Gasteiger partial charge in [-0.3, -0.25) is 0 Å². The molecule has 20 heavy (non-hydrogen) atoms. The zero-order valence-corrected chi connectivity index (χ0v) is 15.7. The smallest absolute Gasteiger partial charge is 0.0725 e. The Morgan fingerprint density at radius 3 is 2.55 bits per heavy atom. The van der Waals surface area contributed by atoms with Crippen molar-refractivity contribution in [1.29, 1.82) is 0 Å². The molecule has 1 heterocycles. The van der Waals surface area contributed by atoms with E-state index in [0.29, 0.717) is 0 Å². The summed E-state index contributed by atoms with van der Waals surface area (Å²) in [6.45, 7) is 3.55. The predicted molar refractivity (Wildman–Crippen MR) is 92.3 cm³/mol. The van der Waals surface area contributed by atoms with E-state index in [1.54, 1.807) is 0 Å². The fourth-order valence-corrected chi connectivity index (χ4v) is 4.40. The summed E-state index contributed by atoms with van der Waals surface area (Å²) < 4.78 is 7.73. The lowest BCUT2D eigenvalue weighted by molar-refractivity contribution is 0.134. The monoisotopic (exact) mass is 458 g/mol. The van der Waals surface area contributed by atoms with Crippen molar-refractivity contribution in [1.82, 2.24) is 0 Å². The van der Waals surface area contributed by atoms with Crippen molar-refractivity contribution in [2.24, 2.45) is 0 Å². The lowest BCUT2D eigenvalue weighted by Crippen LogP contribution is -1.97. The molecule has 1 nitrogen and oxygen atoms in total. The maximum atomic E-state index is 5.48. The maximum Gasteiger partial charge on any atom is 0.0725 e. The summed E-state index contributed by atoms with van der Waals surface area (Å²) in [5.41, 5.74) is 6.31. The Balaban J connectivity index is 2.00. The topological polar surface area (TPSA) is 9.23 Å². The molecule has 0 radical (unpaired) electrons. The van der Waals surface area contributed by atoms with Gasteiger partial charge in [-0.2, -0.15) is 0 Å². The molecule has 2 aromatic rings. The van der Waals surface area contributed by atoms with Crippen molar-refractivity contribution in [2.75, 3.05) is 0 Å². The molecule has 104 valence electrons. The Labute approximate surface area is 144 Å². The Hall–Kier alpha value is -0.160. The standard InChI is InChI=1S/C16H13Br3O/c1-9-4-15(18)13(6-14(9)17)16(19)10-2-3-11-7-20-8-12(11)5-10/h2-6,16H,7-8H2,1H3. The summed E-state index contributed by atoms with van der Waals surface area (Å²) in [6, 6.07) is 10.9. The van der Waals surface area contributed by atoms with Crippen LogP contribution in [0.25, 0.3) is 0 Å². The highest BCUT2D eigenvalue weighted by atomic mass is 79.9. The van der Waals surface area contributed by atoms with Crippen molar-refractivity contribution < 1.29 is 4.74 Å². The van der Waals surface area contributed by atoms with Gasteiger partial charge < -0.3 is 4.74 Å². The molecule has 2 aromatic carbocycles. The molecule has 4 heteroatoms. The average molecular weight is 461 g/mol. The first kappa shape index (κ1) is 14.8. The van der Waals surface area contributed by atoms with E-state index in [4.69, 9.17) is 4.74 Å². The summed E-state index contributed by atoms with van der Waals surface area (Å²) >= 11 is 11.1. The van der Waals surface area contributed by atoms with Gasteiger partial charge in [-0.25, -0.2) is 0 Å². The van der Waals surface area contributed by atoms with E-state index in [-0.39, 0.29) is 4.83 Å². The van der Waals surface area contributed by atoms with Gasteiger partial charge in [0.2, 0.25) is 0 Å². The minimum Gasteiger partial charge on any atom is -0.372 e. The van der Waals surface area contributed by atoms with Crippen LogP contribution < -0.4 is 0 Å². The van der Waals surface area contributed by atoms with E-state index < -0.39 is 0 Å². The third kappa shape index (κ3) is 2.76. The average Bonchev–Trinajstić information content (AvgIpc) is 2.89. The molecular formula is C16H13Br3O. The van der Waals surface area contributed by atoms with Gasteiger partial charge >= 0.3 is 0 Å². The largest absolute Gasteiger partial charge is 0.372 e. The Morgan fingerprint density at radius 1 is 1.00 bits per heavy atom. The van der Waals surface area contributed by atoms with Gasteiger partial charge in [0, 0.05) is 8.95 Å². The molecule has 1 aliphatic heterocycles. The fourth-order valence-electron chi connectivity index (χ4n) is 2.39. The van der Waals surface area contributed by atoms with Crippen LogP contribution in [0.2, 0.25) is 0 Å². The number of ether oxygens (including phenoxy) is 1. The second-order valence-electron chi connectivity index (χ2n) is 5.01. The van der Waals surface area contributed by atoms with Crippen LogP contribution in [-0.2, 0) is 18.0 Å². The minimum atomic E-state index is 0.166. The van der Waals surface area contributed by atoms with Crippen molar-refractivity contribution in [3.63, 3.8) is 0 Å². The molecule has 0 saturated carbocycles. The number of rotatable bonds is 2. The summed E-state index contributed by atoms with van der Waals surface area (Å²) in [7, 11) is 0. The zero-order chi connectivity index (χ0) is 14.3. The third-order valence-corrected chi connectivity index (χ3v) is 6.15. The number of hydrogen-bond acceptors (Lipinski definition) is 1. The normalized spacial score (nSPS) is 15.2. The second kappa shape index (κ2) is 5.91. The second-order valence-corrected chi connectivity index (χ2v) is 7.63. The highest BCUT2D eigenvalue weighted by Gasteiger charge is 2.18. The summed E-state index contributed by atoms with van der Waals surface area (Å²) in [4.78, 5) is 0.166. The SMILES string of the molecule is Cc1cc(Br)c(C(Br)c2ccc3c(c2)COC3)cc1Br. The van der Waals surface area contributed by atoms with E-state index in [1.165, 1.54) is 27.8 Å². The van der Waals surface area contributed by atoms with Crippen molar-refractivity contribution in [3.05, 3.63) is 67.1 Å². The van der Waals surface area contributed by atoms with Crippen LogP contribution in [0.5, 0.6) is 0 Å². The van der Waals surface area contributed by atoms with Gasteiger partial charge in [0.25, 0.3) is 0 Å². The fraction of sp³-hybridized carbons (Fsp3) is 0.250. The molecule has 0 spiro atoms. The molecule has 0 fully saturated rings. The van der Waals surface area contributed by atoms with Crippen LogP contribution in [0.3, 0.4) is 0 Å². The molecule has 0 saturated heterocycles. The Bertz CT molecular complexity index is 667. The molecule has 0 aromatic heterocycles. The van der Waals surface area contributed by atoms with Crippen LogP contribution in [0, 0.1) is 6.92 Å². The van der Waals surface area contributed by atoms with Crippen molar-refractivity contribution >= 4 is 47.8 Å². The highest BCUT2D eigenvalue weighted by molar-refractivity contribution is 9.11. The summed E-state index contributed by atoms with van der Waals surface area (Å²) in [5, 5.41) is 0. The van der Waals surface area contributed by atoms with E-state index in [1.807, 2.05) is 0 Å². The van der Waals surface area contributed by atoms with Gasteiger partial charge in [-0.15, -0.1) is 0 Å². The van der Waals surface area contributed by atoms with E-state index >= 15 is 0 Å². The quantitative estimate of drug-likeness (QED) is 0.497. The summed E-state index contributed by atoms with van der Waals surface area (Å²) in [5.74, 6) is 0. The first-order valence-corrected chi connectivity index (χ1v) is 8.85. The van der Waals surface area contributed by atoms with Gasteiger partial charge in [-0.05, 0) is 46.9 Å². The number of hydrogen-bond donors (Lipinski definition) is 0. The number of fused-ring (bicyclic) bond motifs is 1. The van der Waals surface area contributed by atoms with Gasteiger partial charge in [-0.1, -0.05) is 66.0 Å².